The molecule has 0 bridgehead atoms. The van der Waals surface area contributed by atoms with Gasteiger partial charge >= 0.3 is 0 Å². The first kappa shape index (κ1) is 13.4. The van der Waals surface area contributed by atoms with Crippen LogP contribution in [0.25, 0.3) is 0 Å². The van der Waals surface area contributed by atoms with Crippen LogP contribution in [0.1, 0.15) is 51.5 Å². The number of hydrogen-bond donors (Lipinski definition) is 1. The Hall–Kier alpha value is -1.02. The molecule has 1 aliphatic carbocycles. The van der Waals surface area contributed by atoms with Crippen LogP contribution in [0.4, 0.5) is 0 Å². The second-order valence-electron chi connectivity index (χ2n) is 5.55. The number of nitrogens with one attached hydrogen (secondary N) is 1. The molecule has 1 unspecified atom stereocenters. The van der Waals surface area contributed by atoms with Gasteiger partial charge in [-0.25, -0.2) is 0 Å². The predicted octanol–water partition coefficient (Wildman–Crippen LogP) is 3.72. The molecule has 100 valence electrons. The Bertz CT molecular complexity index is 354. The molecule has 0 heterocycles. The van der Waals surface area contributed by atoms with Gasteiger partial charge in [0.05, 0.1) is 0 Å². The van der Waals surface area contributed by atoms with Crippen molar-refractivity contribution >= 4 is 0 Å². The highest BCUT2D eigenvalue weighted by atomic mass is 16.5. The summed E-state index contributed by atoms with van der Waals surface area (Å²) in [7, 11) is 0. The lowest BCUT2D eigenvalue weighted by atomic mass is 10.0. The van der Waals surface area contributed by atoms with Crippen molar-refractivity contribution in [2.75, 3.05) is 6.54 Å². The lowest BCUT2D eigenvalue weighted by Gasteiger charge is -2.18. The molecule has 0 spiro atoms. The van der Waals surface area contributed by atoms with Crippen LogP contribution in [0.2, 0.25) is 0 Å². The molecule has 1 fully saturated rings. The van der Waals surface area contributed by atoms with E-state index in [2.05, 4.69) is 50.4 Å². The van der Waals surface area contributed by atoms with E-state index in [-0.39, 0.29) is 6.10 Å². The van der Waals surface area contributed by atoms with Gasteiger partial charge in [-0.15, -0.1) is 0 Å². The van der Waals surface area contributed by atoms with E-state index in [4.69, 9.17) is 4.74 Å². The first-order valence-electron chi connectivity index (χ1n) is 7.19. The highest BCUT2D eigenvalue weighted by Crippen LogP contribution is 2.21. The lowest BCUT2D eigenvalue weighted by molar-refractivity contribution is 0.193. The van der Waals surface area contributed by atoms with Gasteiger partial charge in [0, 0.05) is 12.6 Å². The van der Waals surface area contributed by atoms with Crippen LogP contribution >= 0.6 is 0 Å². The van der Waals surface area contributed by atoms with Crippen molar-refractivity contribution in [2.24, 2.45) is 0 Å². The fourth-order valence-corrected chi connectivity index (χ4v) is 1.98. The van der Waals surface area contributed by atoms with E-state index in [0.717, 1.165) is 24.8 Å². The minimum absolute atomic E-state index is 0.287. The van der Waals surface area contributed by atoms with E-state index >= 15 is 0 Å². The summed E-state index contributed by atoms with van der Waals surface area (Å²) in [6.45, 7) is 7.57. The molecule has 2 heteroatoms. The van der Waals surface area contributed by atoms with Crippen LogP contribution < -0.4 is 10.1 Å². The molecule has 1 aromatic rings. The first-order valence-corrected chi connectivity index (χ1v) is 7.19. The smallest absolute Gasteiger partial charge is 0.119 e. The Kier molecular flexibility index (Phi) is 4.65. The number of hydrogen-bond acceptors (Lipinski definition) is 2. The largest absolute Gasteiger partial charge is 0.489 e. The summed E-state index contributed by atoms with van der Waals surface area (Å²) in [5, 5.41) is 3.53. The quantitative estimate of drug-likeness (QED) is 0.793. The third-order valence-corrected chi connectivity index (χ3v) is 3.52. The van der Waals surface area contributed by atoms with E-state index in [1.807, 2.05) is 0 Å². The molecule has 2 rings (SSSR count). The molecule has 2 nitrogen and oxygen atoms in total. The maximum atomic E-state index is 6.01. The van der Waals surface area contributed by atoms with Crippen LogP contribution in [-0.2, 0) is 0 Å². The summed E-state index contributed by atoms with van der Waals surface area (Å²) >= 11 is 0. The molecule has 0 aromatic heterocycles. The van der Waals surface area contributed by atoms with Gasteiger partial charge in [0.15, 0.2) is 0 Å². The molecule has 1 N–H and O–H groups in total. The van der Waals surface area contributed by atoms with Crippen LogP contribution in [0.5, 0.6) is 5.75 Å². The molecular formula is C16H25NO. The molecule has 1 atom stereocenters. The monoisotopic (exact) mass is 247 g/mol. The lowest BCUT2D eigenvalue weighted by Crippen LogP contribution is -2.32. The Morgan fingerprint density at radius 1 is 1.22 bits per heavy atom. The Balaban J connectivity index is 1.85. The van der Waals surface area contributed by atoms with Gasteiger partial charge in [-0.05, 0) is 42.9 Å². The minimum atomic E-state index is 0.287. The molecular weight excluding hydrogens is 222 g/mol. The number of benzene rings is 1. The normalized spacial score (nSPS) is 16.9. The summed E-state index contributed by atoms with van der Waals surface area (Å²) in [4.78, 5) is 0. The molecule has 1 aliphatic rings. The second kappa shape index (κ2) is 6.24. The molecule has 0 radical (unpaired) electrons. The molecule has 1 aromatic carbocycles. The van der Waals surface area contributed by atoms with E-state index in [0.29, 0.717) is 5.92 Å². The van der Waals surface area contributed by atoms with E-state index in [1.54, 1.807) is 0 Å². The summed E-state index contributed by atoms with van der Waals surface area (Å²) < 4.78 is 6.01. The van der Waals surface area contributed by atoms with Crippen molar-refractivity contribution < 1.29 is 4.74 Å². The van der Waals surface area contributed by atoms with Gasteiger partial charge in [-0.3, -0.25) is 0 Å². The standard InChI is InChI=1S/C16H25NO/c1-4-15(11-17-14-7-8-14)18-16-9-5-13(6-10-16)12(2)3/h5-6,9-10,12,14-15,17H,4,7-8,11H2,1-3H3. The first-order chi connectivity index (χ1) is 8.69. The zero-order valence-electron chi connectivity index (χ0n) is 11.8. The summed E-state index contributed by atoms with van der Waals surface area (Å²) in [6.07, 6.45) is 4.00. The van der Waals surface area contributed by atoms with Gasteiger partial charge in [-0.1, -0.05) is 32.9 Å². The van der Waals surface area contributed by atoms with Crippen LogP contribution in [-0.4, -0.2) is 18.7 Å². The van der Waals surface area contributed by atoms with E-state index in [1.165, 1.54) is 18.4 Å². The fraction of sp³-hybridized carbons (Fsp3) is 0.625. The van der Waals surface area contributed by atoms with Crippen molar-refractivity contribution in [3.63, 3.8) is 0 Å². The van der Waals surface area contributed by atoms with Crippen LogP contribution in [0.3, 0.4) is 0 Å². The predicted molar refractivity (Wildman–Crippen MR) is 76.3 cm³/mol. The Morgan fingerprint density at radius 3 is 2.39 bits per heavy atom. The SMILES string of the molecule is CCC(CNC1CC1)Oc1ccc(C(C)C)cc1. The third kappa shape index (κ3) is 4.02. The van der Waals surface area contributed by atoms with Crippen LogP contribution in [0.15, 0.2) is 24.3 Å². The molecule has 1 saturated carbocycles. The van der Waals surface area contributed by atoms with Gasteiger partial charge in [0.1, 0.15) is 11.9 Å². The highest BCUT2D eigenvalue weighted by molar-refractivity contribution is 5.29. The maximum Gasteiger partial charge on any atom is 0.119 e. The highest BCUT2D eigenvalue weighted by Gasteiger charge is 2.21. The Morgan fingerprint density at radius 2 is 1.89 bits per heavy atom. The van der Waals surface area contributed by atoms with E-state index in [9.17, 15) is 0 Å². The van der Waals surface area contributed by atoms with Gasteiger partial charge in [0.25, 0.3) is 0 Å². The zero-order valence-corrected chi connectivity index (χ0v) is 11.8. The summed E-state index contributed by atoms with van der Waals surface area (Å²) in [6, 6.07) is 9.28. The van der Waals surface area contributed by atoms with Crippen molar-refractivity contribution in [1.29, 1.82) is 0 Å². The van der Waals surface area contributed by atoms with Gasteiger partial charge in [0.2, 0.25) is 0 Å². The van der Waals surface area contributed by atoms with Crippen molar-refractivity contribution in [3.05, 3.63) is 29.8 Å². The minimum Gasteiger partial charge on any atom is -0.489 e. The van der Waals surface area contributed by atoms with Crippen molar-refractivity contribution in [1.82, 2.24) is 5.32 Å². The maximum absolute atomic E-state index is 6.01. The number of ether oxygens (including phenoxy) is 1. The van der Waals surface area contributed by atoms with Crippen molar-refractivity contribution in [3.8, 4) is 5.75 Å². The average molecular weight is 247 g/mol. The molecule has 18 heavy (non-hydrogen) atoms. The molecule has 0 amide bonds. The van der Waals surface area contributed by atoms with E-state index < -0.39 is 0 Å². The molecule has 0 aliphatic heterocycles. The number of rotatable bonds is 7. The topological polar surface area (TPSA) is 21.3 Å². The van der Waals surface area contributed by atoms with Gasteiger partial charge in [-0.2, -0.15) is 0 Å². The fourth-order valence-electron chi connectivity index (χ4n) is 1.98. The van der Waals surface area contributed by atoms with Crippen LogP contribution in [0, 0.1) is 0 Å². The summed E-state index contributed by atoms with van der Waals surface area (Å²) in [5.74, 6) is 1.57. The zero-order chi connectivity index (χ0) is 13.0. The average Bonchev–Trinajstić information content (AvgIpc) is 3.19. The van der Waals surface area contributed by atoms with Crippen molar-refractivity contribution in [2.45, 2.75) is 58.1 Å². The Labute approximate surface area is 111 Å². The summed E-state index contributed by atoms with van der Waals surface area (Å²) in [5.41, 5.74) is 1.37. The van der Waals surface area contributed by atoms with Gasteiger partial charge < -0.3 is 10.1 Å². The molecule has 0 saturated heterocycles. The third-order valence-electron chi connectivity index (χ3n) is 3.52. The second-order valence-corrected chi connectivity index (χ2v) is 5.55.